The lowest BCUT2D eigenvalue weighted by Gasteiger charge is -2.36. The highest BCUT2D eigenvalue weighted by atomic mass is 15.3. The molecule has 0 bridgehead atoms. The maximum Gasteiger partial charge on any atom is 0.180 e. The molecule has 0 saturated carbocycles. The maximum absolute atomic E-state index is 4.76. The summed E-state index contributed by atoms with van der Waals surface area (Å²) >= 11 is 0. The first-order valence-electron chi connectivity index (χ1n) is 7.01. The van der Waals surface area contributed by atoms with Gasteiger partial charge in [-0.3, -0.25) is 4.68 Å². The lowest BCUT2D eigenvalue weighted by molar-refractivity contribution is 0.260. The van der Waals surface area contributed by atoms with Gasteiger partial charge < -0.3 is 5.32 Å². The van der Waals surface area contributed by atoms with Crippen LogP contribution in [-0.4, -0.2) is 26.8 Å². The second kappa shape index (κ2) is 4.66. The zero-order valence-corrected chi connectivity index (χ0v) is 12.5. The number of nitrogens with one attached hydrogen (secondary N) is 1. The molecule has 5 nitrogen and oxygen atoms in total. The monoisotopic (exact) mass is 271 g/mol. The van der Waals surface area contributed by atoms with Crippen LogP contribution < -0.4 is 5.32 Å². The van der Waals surface area contributed by atoms with Gasteiger partial charge in [-0.25, -0.2) is 9.97 Å². The number of hydrogen-bond donors (Lipinski definition) is 1. The number of rotatable bonds is 2. The molecule has 0 radical (unpaired) electrons. The van der Waals surface area contributed by atoms with Crippen molar-refractivity contribution in [3.63, 3.8) is 0 Å². The van der Waals surface area contributed by atoms with Gasteiger partial charge in [0, 0.05) is 36.7 Å². The van der Waals surface area contributed by atoms with Crippen LogP contribution in [0.5, 0.6) is 0 Å². The Labute approximate surface area is 119 Å². The Morgan fingerprint density at radius 2 is 2.20 bits per heavy atom. The van der Waals surface area contributed by atoms with E-state index in [1.807, 2.05) is 32.6 Å². The van der Waals surface area contributed by atoms with Crippen LogP contribution in [0.3, 0.4) is 0 Å². The van der Waals surface area contributed by atoms with E-state index in [-0.39, 0.29) is 5.41 Å². The summed E-state index contributed by atoms with van der Waals surface area (Å²) in [7, 11) is 3.91. The van der Waals surface area contributed by atoms with Crippen LogP contribution in [0.4, 0.5) is 0 Å². The lowest BCUT2D eigenvalue weighted by Crippen LogP contribution is -2.32. The molecule has 2 aromatic heterocycles. The van der Waals surface area contributed by atoms with E-state index < -0.39 is 0 Å². The zero-order chi connectivity index (χ0) is 14.3. The van der Waals surface area contributed by atoms with E-state index in [2.05, 4.69) is 29.2 Å². The molecule has 1 aliphatic carbocycles. The van der Waals surface area contributed by atoms with Crippen molar-refractivity contribution in [1.82, 2.24) is 25.1 Å². The molecule has 0 saturated heterocycles. The molecular weight excluding hydrogens is 250 g/mol. The van der Waals surface area contributed by atoms with E-state index in [1.54, 1.807) is 4.68 Å². The largest absolute Gasteiger partial charge is 0.313 e. The third-order valence-corrected chi connectivity index (χ3v) is 3.97. The fraction of sp³-hybridized carbons (Fsp3) is 0.533. The van der Waals surface area contributed by atoms with Crippen LogP contribution >= 0.6 is 0 Å². The van der Waals surface area contributed by atoms with Crippen LogP contribution in [0.2, 0.25) is 0 Å². The van der Waals surface area contributed by atoms with Gasteiger partial charge in [0.15, 0.2) is 5.82 Å². The molecule has 0 spiro atoms. The highest BCUT2D eigenvalue weighted by molar-refractivity contribution is 5.49. The molecule has 0 fully saturated rings. The first kappa shape index (κ1) is 13.2. The number of aryl methyl sites for hydroxylation is 1. The van der Waals surface area contributed by atoms with Crippen LogP contribution in [0.15, 0.2) is 18.5 Å². The Kier molecular flexibility index (Phi) is 3.09. The van der Waals surface area contributed by atoms with Gasteiger partial charge in [0.25, 0.3) is 0 Å². The topological polar surface area (TPSA) is 55.6 Å². The summed E-state index contributed by atoms with van der Waals surface area (Å²) in [6.45, 7) is 4.59. The normalized spacial score (nSPS) is 20.7. The van der Waals surface area contributed by atoms with Crippen LogP contribution in [-0.2, 0) is 13.5 Å². The number of hydrogen-bond acceptors (Lipinski definition) is 4. The van der Waals surface area contributed by atoms with E-state index in [1.165, 1.54) is 5.56 Å². The van der Waals surface area contributed by atoms with Gasteiger partial charge in [0.05, 0.1) is 0 Å². The van der Waals surface area contributed by atoms with Crippen LogP contribution in [0, 0.1) is 5.41 Å². The third kappa shape index (κ3) is 2.33. The fourth-order valence-electron chi connectivity index (χ4n) is 2.96. The molecule has 1 unspecified atom stereocenters. The minimum absolute atomic E-state index is 0.260. The quantitative estimate of drug-likeness (QED) is 0.909. The van der Waals surface area contributed by atoms with Gasteiger partial charge in [-0.15, -0.1) is 0 Å². The summed E-state index contributed by atoms with van der Waals surface area (Å²) in [4.78, 5) is 9.26. The summed E-state index contributed by atoms with van der Waals surface area (Å²) < 4.78 is 1.78. The van der Waals surface area contributed by atoms with Crippen molar-refractivity contribution in [2.45, 2.75) is 32.7 Å². The second-order valence-corrected chi connectivity index (χ2v) is 6.36. The first-order valence-corrected chi connectivity index (χ1v) is 7.01. The van der Waals surface area contributed by atoms with E-state index in [4.69, 9.17) is 4.98 Å². The third-order valence-electron chi connectivity index (χ3n) is 3.97. The summed E-state index contributed by atoms with van der Waals surface area (Å²) in [5, 5.41) is 7.76. The van der Waals surface area contributed by atoms with Crippen molar-refractivity contribution in [2.75, 3.05) is 7.05 Å². The average molecular weight is 271 g/mol. The van der Waals surface area contributed by atoms with Gasteiger partial charge in [0.1, 0.15) is 5.69 Å². The molecule has 1 atom stereocenters. The van der Waals surface area contributed by atoms with Crippen LogP contribution in [0.1, 0.15) is 37.6 Å². The second-order valence-electron chi connectivity index (χ2n) is 6.36. The van der Waals surface area contributed by atoms with Crippen molar-refractivity contribution in [3.05, 3.63) is 29.7 Å². The first-order chi connectivity index (χ1) is 9.48. The van der Waals surface area contributed by atoms with Crippen molar-refractivity contribution in [2.24, 2.45) is 12.5 Å². The smallest absolute Gasteiger partial charge is 0.180 e. The summed E-state index contributed by atoms with van der Waals surface area (Å²) in [6, 6.07) is 2.29. The molecule has 3 rings (SSSR count). The van der Waals surface area contributed by atoms with E-state index in [0.29, 0.717) is 6.04 Å². The Balaban J connectivity index is 2.04. The van der Waals surface area contributed by atoms with Crippen molar-refractivity contribution in [3.8, 4) is 11.5 Å². The maximum atomic E-state index is 4.76. The SMILES string of the molecule is CNC1CC(C)(C)Cc2nc(-c3ccn(C)n3)ncc21. The lowest BCUT2D eigenvalue weighted by atomic mass is 9.74. The average Bonchev–Trinajstić information content (AvgIpc) is 2.82. The fourth-order valence-corrected chi connectivity index (χ4v) is 2.96. The molecular formula is C15H21N5. The summed E-state index contributed by atoms with van der Waals surface area (Å²) in [5.41, 5.74) is 3.47. The van der Waals surface area contributed by atoms with E-state index in [0.717, 1.165) is 30.1 Å². The Morgan fingerprint density at radius 1 is 1.40 bits per heavy atom. The minimum atomic E-state index is 0.260. The molecule has 5 heteroatoms. The molecule has 0 amide bonds. The van der Waals surface area contributed by atoms with E-state index in [9.17, 15) is 0 Å². The standard InChI is InChI=1S/C15H21N5/c1-15(2)7-12(16-3)10-9-17-14(18-13(10)8-15)11-5-6-20(4)19-11/h5-6,9,12,16H,7-8H2,1-4H3. The van der Waals surface area contributed by atoms with Crippen molar-refractivity contribution in [1.29, 1.82) is 0 Å². The highest BCUT2D eigenvalue weighted by Crippen LogP contribution is 2.39. The predicted octanol–water partition coefficient (Wildman–Crippen LogP) is 2.11. The summed E-state index contributed by atoms with van der Waals surface area (Å²) in [6.07, 6.45) is 5.98. The van der Waals surface area contributed by atoms with Crippen molar-refractivity contribution >= 4 is 0 Å². The highest BCUT2D eigenvalue weighted by Gasteiger charge is 2.33. The molecule has 20 heavy (non-hydrogen) atoms. The molecule has 1 N–H and O–H groups in total. The molecule has 0 aliphatic heterocycles. The van der Waals surface area contributed by atoms with Gasteiger partial charge in [0.2, 0.25) is 0 Å². The molecule has 2 heterocycles. The summed E-state index contributed by atoms with van der Waals surface area (Å²) in [5.74, 6) is 0.719. The Bertz CT molecular complexity index is 629. The van der Waals surface area contributed by atoms with Crippen molar-refractivity contribution < 1.29 is 0 Å². The molecule has 2 aromatic rings. The Morgan fingerprint density at radius 3 is 2.85 bits per heavy atom. The predicted molar refractivity (Wildman–Crippen MR) is 78.1 cm³/mol. The van der Waals surface area contributed by atoms with Crippen LogP contribution in [0.25, 0.3) is 11.5 Å². The number of fused-ring (bicyclic) bond motifs is 1. The number of nitrogens with zero attached hydrogens (tertiary/aromatic N) is 4. The van der Waals surface area contributed by atoms with E-state index >= 15 is 0 Å². The number of aromatic nitrogens is 4. The minimum Gasteiger partial charge on any atom is -0.313 e. The molecule has 1 aliphatic rings. The Hall–Kier alpha value is -1.75. The van der Waals surface area contributed by atoms with Gasteiger partial charge in [-0.1, -0.05) is 13.8 Å². The molecule has 106 valence electrons. The van der Waals surface area contributed by atoms with Gasteiger partial charge >= 0.3 is 0 Å². The molecule has 0 aromatic carbocycles. The zero-order valence-electron chi connectivity index (χ0n) is 12.5. The van der Waals surface area contributed by atoms with Gasteiger partial charge in [-0.05, 0) is 31.4 Å². The van der Waals surface area contributed by atoms with Gasteiger partial charge in [-0.2, -0.15) is 5.10 Å².